The Morgan fingerprint density at radius 1 is 1.11 bits per heavy atom. The molecule has 0 aromatic heterocycles. The summed E-state index contributed by atoms with van der Waals surface area (Å²) in [5.41, 5.74) is 1.43. The molecule has 5 nitrogen and oxygen atoms in total. The number of rotatable bonds is 7. The maximum absolute atomic E-state index is 9.10. The van der Waals surface area contributed by atoms with Crippen LogP contribution in [-0.2, 0) is 16.0 Å². The summed E-state index contributed by atoms with van der Waals surface area (Å²) in [7, 11) is 2.17. The van der Waals surface area contributed by atoms with Crippen LogP contribution < -0.4 is 0 Å². The number of carboxylic acid groups (broad SMARTS) is 2. The van der Waals surface area contributed by atoms with Crippen LogP contribution in [0, 0.1) is 11.8 Å². The average Bonchev–Trinajstić information content (AvgIpc) is 2.70. The molecule has 0 amide bonds. The lowest BCUT2D eigenvalue weighted by molar-refractivity contribution is -0.159. The lowest BCUT2D eigenvalue weighted by atomic mass is 10.1. The molecule has 1 aromatic carbocycles. The minimum atomic E-state index is -1.82. The van der Waals surface area contributed by atoms with Crippen molar-refractivity contribution in [2.75, 3.05) is 31.6 Å². The molecule has 0 unspecified atom stereocenters. The summed E-state index contributed by atoms with van der Waals surface area (Å²) in [5, 5.41) is 14.8. The van der Waals surface area contributed by atoms with Gasteiger partial charge in [0.1, 0.15) is 0 Å². The molecular formula is C21H29NO4S2. The summed E-state index contributed by atoms with van der Waals surface area (Å²) in [6.07, 6.45) is 6.06. The highest BCUT2D eigenvalue weighted by Gasteiger charge is 2.12. The van der Waals surface area contributed by atoms with Crippen LogP contribution in [0.5, 0.6) is 0 Å². The Kier molecular flexibility index (Phi) is 13.4. The van der Waals surface area contributed by atoms with Gasteiger partial charge in [0.2, 0.25) is 0 Å². The van der Waals surface area contributed by atoms with Crippen molar-refractivity contribution in [3.05, 3.63) is 35.9 Å². The molecular weight excluding hydrogens is 394 g/mol. The predicted molar refractivity (Wildman–Crippen MR) is 118 cm³/mol. The molecule has 0 spiro atoms. The number of nitrogens with zero attached hydrogens (tertiary/aromatic N) is 1. The van der Waals surface area contributed by atoms with E-state index in [1.54, 1.807) is 0 Å². The smallest absolute Gasteiger partial charge is 0.414 e. The van der Waals surface area contributed by atoms with Gasteiger partial charge in [0, 0.05) is 6.42 Å². The average molecular weight is 424 g/mol. The highest BCUT2D eigenvalue weighted by Crippen LogP contribution is 2.33. The summed E-state index contributed by atoms with van der Waals surface area (Å²) in [5.74, 6) is 5.72. The summed E-state index contributed by atoms with van der Waals surface area (Å²) in [6.45, 7) is 2.03. The van der Waals surface area contributed by atoms with Crippen LogP contribution in [0.1, 0.15) is 31.2 Å². The van der Waals surface area contributed by atoms with Gasteiger partial charge in [-0.15, -0.1) is 29.4 Å². The van der Waals surface area contributed by atoms with Gasteiger partial charge in [-0.05, 0) is 56.3 Å². The lowest BCUT2D eigenvalue weighted by Crippen LogP contribution is -2.20. The fourth-order valence-corrected chi connectivity index (χ4v) is 5.31. The second-order valence-electron chi connectivity index (χ2n) is 6.35. The lowest BCUT2D eigenvalue weighted by Gasteiger charge is -2.19. The van der Waals surface area contributed by atoms with E-state index >= 15 is 0 Å². The predicted octanol–water partition coefficient (Wildman–Crippen LogP) is 3.69. The minimum Gasteiger partial charge on any atom is -0.473 e. The van der Waals surface area contributed by atoms with Gasteiger partial charge in [-0.2, -0.15) is 0 Å². The van der Waals surface area contributed by atoms with Gasteiger partial charge in [-0.3, -0.25) is 4.90 Å². The van der Waals surface area contributed by atoms with Crippen LogP contribution in [-0.4, -0.2) is 63.3 Å². The molecule has 1 aliphatic rings. The number of carboxylic acids is 2. The van der Waals surface area contributed by atoms with E-state index in [-0.39, 0.29) is 0 Å². The van der Waals surface area contributed by atoms with Crippen LogP contribution in [0.25, 0.3) is 0 Å². The van der Waals surface area contributed by atoms with Crippen molar-refractivity contribution in [3.63, 3.8) is 0 Å². The van der Waals surface area contributed by atoms with Gasteiger partial charge in [-0.25, -0.2) is 9.59 Å². The Hall–Kier alpha value is -1.62. The third-order valence-corrected chi connectivity index (χ3v) is 6.99. The molecule has 1 fully saturated rings. The van der Waals surface area contributed by atoms with E-state index in [0.29, 0.717) is 0 Å². The van der Waals surface area contributed by atoms with Crippen molar-refractivity contribution in [2.24, 2.45) is 0 Å². The Morgan fingerprint density at radius 3 is 2.36 bits per heavy atom. The first-order chi connectivity index (χ1) is 13.5. The molecule has 154 valence electrons. The SMILES string of the molecule is CN(CC#CCCC1SCCCS1)CCCc1ccccc1.O=C(O)C(=O)O. The van der Waals surface area contributed by atoms with Gasteiger partial charge in [-0.1, -0.05) is 36.3 Å². The van der Waals surface area contributed by atoms with Gasteiger partial charge in [0.05, 0.1) is 11.1 Å². The summed E-state index contributed by atoms with van der Waals surface area (Å²) in [4.78, 5) is 20.5. The molecule has 0 saturated carbocycles. The van der Waals surface area contributed by atoms with E-state index in [1.165, 1.54) is 36.3 Å². The van der Waals surface area contributed by atoms with Crippen molar-refractivity contribution in [3.8, 4) is 11.8 Å². The molecule has 28 heavy (non-hydrogen) atoms. The monoisotopic (exact) mass is 423 g/mol. The summed E-state index contributed by atoms with van der Waals surface area (Å²) < 4.78 is 0.798. The van der Waals surface area contributed by atoms with E-state index in [4.69, 9.17) is 19.8 Å². The zero-order valence-electron chi connectivity index (χ0n) is 16.3. The van der Waals surface area contributed by atoms with E-state index < -0.39 is 11.9 Å². The first-order valence-electron chi connectivity index (χ1n) is 9.36. The van der Waals surface area contributed by atoms with Crippen LogP contribution in [0.15, 0.2) is 30.3 Å². The minimum absolute atomic E-state index is 0.798. The highest BCUT2D eigenvalue weighted by molar-refractivity contribution is 8.17. The largest absolute Gasteiger partial charge is 0.473 e. The molecule has 7 heteroatoms. The third kappa shape index (κ3) is 12.7. The van der Waals surface area contributed by atoms with Crippen molar-refractivity contribution >= 4 is 35.5 Å². The first-order valence-corrected chi connectivity index (χ1v) is 11.5. The van der Waals surface area contributed by atoms with Crippen molar-refractivity contribution < 1.29 is 19.8 Å². The maximum atomic E-state index is 9.10. The van der Waals surface area contributed by atoms with Crippen LogP contribution >= 0.6 is 23.5 Å². The van der Waals surface area contributed by atoms with Crippen LogP contribution in [0.2, 0.25) is 0 Å². The molecule has 1 aliphatic heterocycles. The number of hydrogen-bond donors (Lipinski definition) is 2. The Bertz CT molecular complexity index is 625. The molecule has 0 atom stereocenters. The summed E-state index contributed by atoms with van der Waals surface area (Å²) in [6, 6.07) is 10.7. The Balaban J connectivity index is 0.000000568. The molecule has 2 N–H and O–H groups in total. The van der Waals surface area contributed by atoms with Crippen LogP contribution in [0.3, 0.4) is 0 Å². The van der Waals surface area contributed by atoms with Crippen molar-refractivity contribution in [1.82, 2.24) is 4.90 Å². The Labute approximate surface area is 176 Å². The molecule has 2 rings (SSSR count). The molecule has 1 heterocycles. The fraction of sp³-hybridized carbons (Fsp3) is 0.524. The molecule has 0 bridgehead atoms. The van der Waals surface area contributed by atoms with E-state index in [2.05, 4.69) is 77.6 Å². The summed E-state index contributed by atoms with van der Waals surface area (Å²) >= 11 is 4.24. The zero-order chi connectivity index (χ0) is 20.6. The first kappa shape index (κ1) is 24.4. The molecule has 1 saturated heterocycles. The second kappa shape index (κ2) is 15.3. The van der Waals surface area contributed by atoms with Gasteiger partial charge in [0.25, 0.3) is 0 Å². The highest BCUT2D eigenvalue weighted by atomic mass is 32.2. The number of aliphatic carboxylic acids is 2. The third-order valence-electron chi connectivity index (χ3n) is 3.91. The second-order valence-corrected chi connectivity index (χ2v) is 9.27. The zero-order valence-corrected chi connectivity index (χ0v) is 17.9. The van der Waals surface area contributed by atoms with Crippen molar-refractivity contribution in [1.29, 1.82) is 0 Å². The molecule has 0 aliphatic carbocycles. The van der Waals surface area contributed by atoms with E-state index in [0.717, 1.165) is 30.5 Å². The number of aryl methyl sites for hydroxylation is 1. The van der Waals surface area contributed by atoms with Gasteiger partial charge < -0.3 is 10.2 Å². The standard InChI is InChI=1S/C19H27NS2.C2H2O4/c1-20(15-8-12-18-10-4-2-5-11-18)14-7-3-6-13-19-21-16-9-17-22-19;3-1(4)2(5)6/h2,4-5,10-11,19H,6,8-9,12-17H2,1H3;(H,3,4)(H,5,6). The number of benzene rings is 1. The number of carbonyl (C=O) groups is 2. The normalized spacial score (nSPS) is 13.8. The fourth-order valence-electron chi connectivity index (χ4n) is 2.45. The van der Waals surface area contributed by atoms with Gasteiger partial charge >= 0.3 is 11.9 Å². The number of thioether (sulfide) groups is 2. The number of hydrogen-bond acceptors (Lipinski definition) is 5. The Morgan fingerprint density at radius 2 is 1.75 bits per heavy atom. The quantitative estimate of drug-likeness (QED) is 0.511. The van der Waals surface area contributed by atoms with E-state index in [1.807, 2.05) is 0 Å². The maximum Gasteiger partial charge on any atom is 0.414 e. The van der Waals surface area contributed by atoms with Crippen LogP contribution in [0.4, 0.5) is 0 Å². The van der Waals surface area contributed by atoms with Crippen molar-refractivity contribution in [2.45, 2.75) is 36.7 Å². The molecule has 1 aromatic rings. The topological polar surface area (TPSA) is 77.8 Å². The van der Waals surface area contributed by atoms with E-state index in [9.17, 15) is 0 Å². The molecule has 0 radical (unpaired) electrons. The van der Waals surface area contributed by atoms with Gasteiger partial charge in [0.15, 0.2) is 0 Å².